The van der Waals surface area contributed by atoms with Crippen LogP contribution in [0.2, 0.25) is 0 Å². The molecule has 0 saturated carbocycles. The number of amides is 1. The fourth-order valence-electron chi connectivity index (χ4n) is 3.33. The SMILES string of the molecule is COc1cccc(CC(=O)N2CCC3CNCC3C2)c1.Cl. The summed E-state index contributed by atoms with van der Waals surface area (Å²) in [5.74, 6) is 2.48. The Bertz CT molecular complexity index is 495. The van der Waals surface area contributed by atoms with Crippen molar-refractivity contribution in [3.05, 3.63) is 29.8 Å². The zero-order valence-electron chi connectivity index (χ0n) is 12.4. The first-order chi connectivity index (χ1) is 9.76. The maximum absolute atomic E-state index is 12.4. The van der Waals surface area contributed by atoms with Crippen LogP contribution in [0, 0.1) is 11.8 Å². The molecule has 21 heavy (non-hydrogen) atoms. The molecular weight excluding hydrogens is 288 g/mol. The average molecular weight is 311 g/mol. The highest BCUT2D eigenvalue weighted by Crippen LogP contribution is 2.27. The molecule has 0 aliphatic carbocycles. The normalized spacial score (nSPS) is 24.1. The number of nitrogens with one attached hydrogen (secondary N) is 1. The standard InChI is InChI=1S/C16H22N2O2.ClH/c1-20-15-4-2-3-12(7-15)8-16(19)18-6-5-13-9-17-10-14(13)11-18;/h2-4,7,13-14,17H,5-6,8-11H2,1H3;1H. The lowest BCUT2D eigenvalue weighted by Crippen LogP contribution is -2.44. The fourth-order valence-corrected chi connectivity index (χ4v) is 3.33. The van der Waals surface area contributed by atoms with Gasteiger partial charge < -0.3 is 15.0 Å². The lowest BCUT2D eigenvalue weighted by Gasteiger charge is -2.34. The van der Waals surface area contributed by atoms with Crippen molar-refractivity contribution >= 4 is 18.3 Å². The molecule has 2 unspecified atom stereocenters. The molecule has 0 radical (unpaired) electrons. The van der Waals surface area contributed by atoms with Crippen LogP contribution in [0.3, 0.4) is 0 Å². The van der Waals surface area contributed by atoms with Gasteiger partial charge in [-0.25, -0.2) is 0 Å². The van der Waals surface area contributed by atoms with E-state index in [0.29, 0.717) is 12.3 Å². The first-order valence-corrected chi connectivity index (χ1v) is 7.37. The second-order valence-corrected chi connectivity index (χ2v) is 5.84. The Balaban J connectivity index is 0.00000161. The van der Waals surface area contributed by atoms with Gasteiger partial charge >= 0.3 is 0 Å². The van der Waals surface area contributed by atoms with Crippen molar-refractivity contribution in [3.63, 3.8) is 0 Å². The minimum absolute atomic E-state index is 0. The van der Waals surface area contributed by atoms with Gasteiger partial charge in [-0.1, -0.05) is 12.1 Å². The smallest absolute Gasteiger partial charge is 0.227 e. The number of likely N-dealkylation sites (tertiary alicyclic amines) is 1. The maximum atomic E-state index is 12.4. The summed E-state index contributed by atoms with van der Waals surface area (Å²) in [6, 6.07) is 7.78. The summed E-state index contributed by atoms with van der Waals surface area (Å²) in [5, 5.41) is 3.43. The van der Waals surface area contributed by atoms with E-state index in [1.165, 1.54) is 0 Å². The van der Waals surface area contributed by atoms with Crippen molar-refractivity contribution < 1.29 is 9.53 Å². The number of hydrogen-bond donors (Lipinski definition) is 1. The predicted octanol–water partition coefficient (Wildman–Crippen LogP) is 1.73. The Morgan fingerprint density at radius 3 is 3.00 bits per heavy atom. The van der Waals surface area contributed by atoms with Crippen molar-refractivity contribution in [1.29, 1.82) is 0 Å². The van der Waals surface area contributed by atoms with E-state index in [4.69, 9.17) is 4.74 Å². The molecule has 116 valence electrons. The van der Waals surface area contributed by atoms with Crippen LogP contribution in [0.25, 0.3) is 0 Å². The van der Waals surface area contributed by atoms with Gasteiger partial charge in [0, 0.05) is 13.1 Å². The van der Waals surface area contributed by atoms with E-state index < -0.39 is 0 Å². The Morgan fingerprint density at radius 2 is 2.19 bits per heavy atom. The molecule has 0 aromatic heterocycles. The van der Waals surface area contributed by atoms with E-state index in [-0.39, 0.29) is 18.3 Å². The summed E-state index contributed by atoms with van der Waals surface area (Å²) in [6.45, 7) is 4.02. The molecule has 2 atom stereocenters. The number of piperidine rings is 1. The number of carbonyl (C=O) groups excluding carboxylic acids is 1. The van der Waals surface area contributed by atoms with E-state index in [1.807, 2.05) is 29.2 Å². The zero-order valence-corrected chi connectivity index (χ0v) is 13.2. The Morgan fingerprint density at radius 1 is 1.38 bits per heavy atom. The maximum Gasteiger partial charge on any atom is 0.227 e. The number of fused-ring (bicyclic) bond motifs is 1. The van der Waals surface area contributed by atoms with Crippen molar-refractivity contribution in [2.75, 3.05) is 33.3 Å². The van der Waals surface area contributed by atoms with Gasteiger partial charge in [0.2, 0.25) is 5.91 Å². The quantitative estimate of drug-likeness (QED) is 0.924. The number of benzene rings is 1. The lowest BCUT2D eigenvalue weighted by atomic mass is 9.88. The molecule has 1 N–H and O–H groups in total. The van der Waals surface area contributed by atoms with Crippen LogP contribution in [0.1, 0.15) is 12.0 Å². The van der Waals surface area contributed by atoms with Crippen LogP contribution in [0.15, 0.2) is 24.3 Å². The van der Waals surface area contributed by atoms with Gasteiger partial charge in [0.15, 0.2) is 0 Å². The number of halogens is 1. The summed E-state index contributed by atoms with van der Waals surface area (Å²) >= 11 is 0. The Hall–Kier alpha value is -1.26. The van der Waals surface area contributed by atoms with Gasteiger partial charge in [-0.15, -0.1) is 12.4 Å². The molecule has 5 heteroatoms. The number of rotatable bonds is 3. The Labute approximate surface area is 132 Å². The molecule has 3 rings (SSSR count). The highest BCUT2D eigenvalue weighted by Gasteiger charge is 2.34. The van der Waals surface area contributed by atoms with E-state index in [0.717, 1.165) is 49.8 Å². The first-order valence-electron chi connectivity index (χ1n) is 7.37. The molecule has 2 heterocycles. The number of nitrogens with zero attached hydrogens (tertiary/aromatic N) is 1. The molecule has 1 aromatic rings. The molecule has 0 spiro atoms. The highest BCUT2D eigenvalue weighted by atomic mass is 35.5. The number of methoxy groups -OCH3 is 1. The van der Waals surface area contributed by atoms with Crippen molar-refractivity contribution in [3.8, 4) is 5.75 Å². The van der Waals surface area contributed by atoms with E-state index in [9.17, 15) is 4.79 Å². The van der Waals surface area contributed by atoms with Gasteiger partial charge in [-0.3, -0.25) is 4.79 Å². The van der Waals surface area contributed by atoms with Crippen LogP contribution in [0.5, 0.6) is 5.75 Å². The molecule has 2 saturated heterocycles. The van der Waals surface area contributed by atoms with Crippen LogP contribution in [-0.2, 0) is 11.2 Å². The van der Waals surface area contributed by atoms with Crippen molar-refractivity contribution in [2.45, 2.75) is 12.8 Å². The van der Waals surface area contributed by atoms with E-state index in [1.54, 1.807) is 7.11 Å². The first kappa shape index (κ1) is 16.1. The molecule has 2 fully saturated rings. The van der Waals surface area contributed by atoms with Crippen LogP contribution < -0.4 is 10.1 Å². The van der Waals surface area contributed by atoms with Gasteiger partial charge in [0.1, 0.15) is 5.75 Å². The van der Waals surface area contributed by atoms with Crippen molar-refractivity contribution in [1.82, 2.24) is 10.2 Å². The third-order valence-electron chi connectivity index (χ3n) is 4.55. The van der Waals surface area contributed by atoms with E-state index in [2.05, 4.69) is 5.32 Å². The largest absolute Gasteiger partial charge is 0.497 e. The fraction of sp³-hybridized carbons (Fsp3) is 0.562. The average Bonchev–Trinajstić information content (AvgIpc) is 2.94. The highest BCUT2D eigenvalue weighted by molar-refractivity contribution is 5.85. The number of hydrogen-bond acceptors (Lipinski definition) is 3. The molecule has 2 aliphatic rings. The van der Waals surface area contributed by atoms with E-state index >= 15 is 0 Å². The van der Waals surface area contributed by atoms with Crippen LogP contribution >= 0.6 is 12.4 Å². The summed E-state index contributed by atoms with van der Waals surface area (Å²) in [6.07, 6.45) is 1.61. The van der Waals surface area contributed by atoms with Crippen LogP contribution in [0.4, 0.5) is 0 Å². The van der Waals surface area contributed by atoms with Crippen molar-refractivity contribution in [2.24, 2.45) is 11.8 Å². The van der Waals surface area contributed by atoms with Gasteiger partial charge in [0.05, 0.1) is 13.5 Å². The molecule has 0 bridgehead atoms. The topological polar surface area (TPSA) is 41.6 Å². The minimum Gasteiger partial charge on any atom is -0.497 e. The summed E-state index contributed by atoms with van der Waals surface area (Å²) in [5.41, 5.74) is 1.03. The zero-order chi connectivity index (χ0) is 13.9. The molecule has 1 amide bonds. The Kier molecular flexibility index (Phi) is 5.48. The second kappa shape index (κ2) is 7.14. The van der Waals surface area contributed by atoms with Crippen LogP contribution in [-0.4, -0.2) is 44.1 Å². The monoisotopic (exact) mass is 310 g/mol. The summed E-state index contributed by atoms with van der Waals surface area (Å²) < 4.78 is 5.21. The summed E-state index contributed by atoms with van der Waals surface area (Å²) in [7, 11) is 1.65. The van der Waals surface area contributed by atoms with Gasteiger partial charge in [-0.05, 0) is 49.0 Å². The van der Waals surface area contributed by atoms with Gasteiger partial charge in [-0.2, -0.15) is 0 Å². The molecule has 2 aliphatic heterocycles. The molecule has 4 nitrogen and oxygen atoms in total. The molecular formula is C16H23ClN2O2. The number of ether oxygens (including phenoxy) is 1. The minimum atomic E-state index is 0. The predicted molar refractivity (Wildman–Crippen MR) is 85.0 cm³/mol. The number of carbonyl (C=O) groups is 1. The van der Waals surface area contributed by atoms with Gasteiger partial charge in [0.25, 0.3) is 0 Å². The third-order valence-corrected chi connectivity index (χ3v) is 4.55. The lowest BCUT2D eigenvalue weighted by molar-refractivity contribution is -0.132. The summed E-state index contributed by atoms with van der Waals surface area (Å²) in [4.78, 5) is 14.5. The second-order valence-electron chi connectivity index (χ2n) is 5.84. The molecule has 1 aromatic carbocycles. The third kappa shape index (κ3) is 3.69.